The molecule has 21 heavy (non-hydrogen) atoms. The molecule has 1 aliphatic heterocycles. The molecule has 1 atom stereocenters. The first kappa shape index (κ1) is 16.3. The predicted octanol–water partition coefficient (Wildman–Crippen LogP) is 4.34. The molecule has 0 bridgehead atoms. The van der Waals surface area contributed by atoms with E-state index in [2.05, 4.69) is 22.9 Å². The van der Waals surface area contributed by atoms with Crippen LogP contribution in [0.5, 0.6) is 0 Å². The highest BCUT2D eigenvalue weighted by molar-refractivity contribution is 9.09. The van der Waals surface area contributed by atoms with Gasteiger partial charge in [-0.3, -0.25) is 4.79 Å². The van der Waals surface area contributed by atoms with E-state index >= 15 is 0 Å². The molecule has 6 heteroatoms. The summed E-state index contributed by atoms with van der Waals surface area (Å²) in [5, 5.41) is 0. The second-order valence-electron chi connectivity index (χ2n) is 5.38. The third-order valence-corrected chi connectivity index (χ3v) is 4.68. The van der Waals surface area contributed by atoms with Crippen molar-refractivity contribution in [2.75, 3.05) is 13.1 Å². The second kappa shape index (κ2) is 6.38. The summed E-state index contributed by atoms with van der Waals surface area (Å²) in [6.45, 7) is 3.40. The van der Waals surface area contributed by atoms with Crippen molar-refractivity contribution in [2.45, 2.75) is 30.8 Å². The van der Waals surface area contributed by atoms with Gasteiger partial charge in [0.15, 0.2) is 0 Å². The number of rotatable bonds is 2. The lowest BCUT2D eigenvalue weighted by atomic mass is 9.94. The van der Waals surface area contributed by atoms with Crippen LogP contribution >= 0.6 is 15.9 Å². The molecule has 1 aliphatic rings. The summed E-state index contributed by atoms with van der Waals surface area (Å²) in [6, 6.07) is 4.43. The van der Waals surface area contributed by atoms with Crippen LogP contribution in [0.1, 0.15) is 35.7 Å². The highest BCUT2D eigenvalue weighted by Gasteiger charge is 2.31. The highest BCUT2D eigenvalue weighted by Crippen LogP contribution is 2.30. The van der Waals surface area contributed by atoms with Gasteiger partial charge in [-0.15, -0.1) is 0 Å². The van der Waals surface area contributed by atoms with Gasteiger partial charge in [-0.2, -0.15) is 13.2 Å². The molecular weight excluding hydrogens is 347 g/mol. The molecule has 2 rings (SSSR count). The smallest absolute Gasteiger partial charge is 0.339 e. The van der Waals surface area contributed by atoms with Crippen molar-refractivity contribution >= 4 is 21.8 Å². The lowest BCUT2D eigenvalue weighted by Crippen LogP contribution is -2.39. The fourth-order valence-corrected chi connectivity index (χ4v) is 3.07. The fraction of sp³-hybridized carbons (Fsp3) is 0.533. The standard InChI is InChI=1S/C15H17BrF3NO/c1-10(16)11-6-8-20(9-7-11)14(21)12-2-4-13(5-3-12)15(17,18)19/h2-5,10-11H,6-9H2,1H3. The molecule has 1 aromatic rings. The molecule has 1 heterocycles. The van der Waals surface area contributed by atoms with Crippen molar-refractivity contribution in [1.29, 1.82) is 0 Å². The molecule has 2 nitrogen and oxygen atoms in total. The van der Waals surface area contributed by atoms with Crippen molar-refractivity contribution in [3.05, 3.63) is 35.4 Å². The molecular formula is C15H17BrF3NO. The minimum Gasteiger partial charge on any atom is -0.339 e. The Labute approximate surface area is 130 Å². The van der Waals surface area contributed by atoms with Gasteiger partial charge in [0, 0.05) is 23.5 Å². The number of carbonyl (C=O) groups excluding carboxylic acids is 1. The fourth-order valence-electron chi connectivity index (χ4n) is 2.55. The minimum absolute atomic E-state index is 0.190. The zero-order valence-electron chi connectivity index (χ0n) is 11.7. The van der Waals surface area contributed by atoms with Gasteiger partial charge in [-0.25, -0.2) is 0 Å². The Kier molecular flexibility index (Phi) is 4.96. The van der Waals surface area contributed by atoms with E-state index in [-0.39, 0.29) is 5.91 Å². The van der Waals surface area contributed by atoms with Crippen LogP contribution in [-0.4, -0.2) is 28.7 Å². The molecule has 116 valence electrons. The lowest BCUT2D eigenvalue weighted by Gasteiger charge is -2.33. The van der Waals surface area contributed by atoms with Crippen molar-refractivity contribution in [3.8, 4) is 0 Å². The Morgan fingerprint density at radius 3 is 2.19 bits per heavy atom. The monoisotopic (exact) mass is 363 g/mol. The topological polar surface area (TPSA) is 20.3 Å². The molecule has 0 radical (unpaired) electrons. The Morgan fingerprint density at radius 1 is 1.24 bits per heavy atom. The number of carbonyl (C=O) groups is 1. The Hall–Kier alpha value is -1.04. The normalized spacial score (nSPS) is 18.6. The molecule has 1 fully saturated rings. The number of hydrogen-bond donors (Lipinski definition) is 0. The molecule has 1 unspecified atom stereocenters. The van der Waals surface area contributed by atoms with Crippen LogP contribution in [0.25, 0.3) is 0 Å². The maximum Gasteiger partial charge on any atom is 0.416 e. The molecule has 0 spiro atoms. The van der Waals surface area contributed by atoms with Gasteiger partial charge >= 0.3 is 6.18 Å². The number of hydrogen-bond acceptors (Lipinski definition) is 1. The Bertz CT molecular complexity index is 491. The van der Waals surface area contributed by atoms with Gasteiger partial charge in [0.2, 0.25) is 0 Å². The number of piperidine rings is 1. The quantitative estimate of drug-likeness (QED) is 0.715. The van der Waals surface area contributed by atoms with Crippen LogP contribution in [0.4, 0.5) is 13.2 Å². The Balaban J connectivity index is 2.01. The molecule has 1 aromatic carbocycles. The number of alkyl halides is 4. The van der Waals surface area contributed by atoms with Crippen molar-refractivity contribution in [1.82, 2.24) is 4.90 Å². The van der Waals surface area contributed by atoms with E-state index < -0.39 is 11.7 Å². The summed E-state index contributed by atoms with van der Waals surface area (Å²) in [4.78, 5) is 14.4. The number of nitrogens with zero attached hydrogens (tertiary/aromatic N) is 1. The first-order valence-electron chi connectivity index (χ1n) is 6.89. The van der Waals surface area contributed by atoms with E-state index in [0.29, 0.717) is 29.4 Å². The average Bonchev–Trinajstić information content (AvgIpc) is 2.46. The first-order valence-corrected chi connectivity index (χ1v) is 7.81. The summed E-state index contributed by atoms with van der Waals surface area (Å²) in [5.41, 5.74) is -0.417. The molecule has 1 amide bonds. The van der Waals surface area contributed by atoms with Gasteiger partial charge in [0.05, 0.1) is 5.56 Å². The molecule has 0 saturated carbocycles. The molecule has 0 aromatic heterocycles. The van der Waals surface area contributed by atoms with Crippen LogP contribution in [-0.2, 0) is 6.18 Å². The van der Waals surface area contributed by atoms with E-state index in [0.717, 1.165) is 25.0 Å². The van der Waals surface area contributed by atoms with Crippen molar-refractivity contribution < 1.29 is 18.0 Å². The number of likely N-dealkylation sites (tertiary alicyclic amines) is 1. The molecule has 1 saturated heterocycles. The third kappa shape index (κ3) is 3.99. The average molecular weight is 364 g/mol. The number of benzene rings is 1. The number of amides is 1. The van der Waals surface area contributed by atoms with Crippen LogP contribution in [0.3, 0.4) is 0 Å². The second-order valence-corrected chi connectivity index (χ2v) is 6.83. The molecule has 0 N–H and O–H groups in total. The third-order valence-electron chi connectivity index (χ3n) is 3.94. The summed E-state index contributed by atoms with van der Waals surface area (Å²) in [5.74, 6) is 0.353. The van der Waals surface area contributed by atoms with Crippen molar-refractivity contribution in [2.24, 2.45) is 5.92 Å². The van der Waals surface area contributed by atoms with E-state index in [9.17, 15) is 18.0 Å². The zero-order chi connectivity index (χ0) is 15.6. The van der Waals surface area contributed by atoms with Gasteiger partial charge in [0.25, 0.3) is 5.91 Å². The SMILES string of the molecule is CC(Br)C1CCN(C(=O)c2ccc(C(F)(F)F)cc2)CC1. The lowest BCUT2D eigenvalue weighted by molar-refractivity contribution is -0.137. The van der Waals surface area contributed by atoms with Crippen LogP contribution < -0.4 is 0 Å². The van der Waals surface area contributed by atoms with Gasteiger partial charge < -0.3 is 4.90 Å². The summed E-state index contributed by atoms with van der Waals surface area (Å²) in [7, 11) is 0. The zero-order valence-corrected chi connectivity index (χ0v) is 13.2. The Morgan fingerprint density at radius 2 is 1.76 bits per heavy atom. The van der Waals surface area contributed by atoms with Crippen LogP contribution in [0, 0.1) is 5.92 Å². The summed E-state index contributed by atoms with van der Waals surface area (Å²) < 4.78 is 37.5. The van der Waals surface area contributed by atoms with Gasteiger partial charge in [-0.05, 0) is 43.0 Å². The largest absolute Gasteiger partial charge is 0.416 e. The maximum absolute atomic E-state index is 12.5. The van der Waals surface area contributed by atoms with Crippen LogP contribution in [0.15, 0.2) is 24.3 Å². The highest BCUT2D eigenvalue weighted by atomic mass is 79.9. The van der Waals surface area contributed by atoms with E-state index in [1.807, 2.05) is 0 Å². The van der Waals surface area contributed by atoms with Gasteiger partial charge in [-0.1, -0.05) is 22.9 Å². The maximum atomic E-state index is 12.5. The van der Waals surface area contributed by atoms with Gasteiger partial charge in [0.1, 0.15) is 0 Å². The molecule has 0 aliphatic carbocycles. The summed E-state index contributed by atoms with van der Waals surface area (Å²) >= 11 is 3.55. The summed E-state index contributed by atoms with van der Waals surface area (Å²) in [6.07, 6.45) is -2.54. The van der Waals surface area contributed by atoms with Crippen molar-refractivity contribution in [3.63, 3.8) is 0 Å². The van der Waals surface area contributed by atoms with E-state index in [4.69, 9.17) is 0 Å². The van der Waals surface area contributed by atoms with Crippen LogP contribution in [0.2, 0.25) is 0 Å². The number of halogens is 4. The minimum atomic E-state index is -4.37. The first-order chi connectivity index (χ1) is 9.79. The predicted molar refractivity (Wildman–Crippen MR) is 78.5 cm³/mol. The van der Waals surface area contributed by atoms with E-state index in [1.165, 1.54) is 12.1 Å². The van der Waals surface area contributed by atoms with E-state index in [1.54, 1.807) is 4.90 Å².